The fraction of sp³-hybridized carbons (Fsp3) is 0.286. The van der Waals surface area contributed by atoms with Crippen molar-refractivity contribution in [2.45, 2.75) is 18.9 Å². The van der Waals surface area contributed by atoms with Gasteiger partial charge < -0.3 is 4.90 Å². The Kier molecular flexibility index (Phi) is 4.75. The molecule has 0 bridgehead atoms. The van der Waals surface area contributed by atoms with E-state index < -0.39 is 23.6 Å². The Labute approximate surface area is 136 Å². The van der Waals surface area contributed by atoms with Gasteiger partial charge in [0.25, 0.3) is 0 Å². The minimum atomic E-state index is -4.66. The molecule has 0 aliphatic rings. The highest BCUT2D eigenvalue weighted by Gasteiger charge is 2.36. The summed E-state index contributed by atoms with van der Waals surface area (Å²) in [5.74, 6) is 0. The Bertz CT molecular complexity index is 772. The van der Waals surface area contributed by atoms with E-state index in [1.807, 2.05) is 0 Å². The van der Waals surface area contributed by atoms with Crippen molar-refractivity contribution in [3.8, 4) is 6.07 Å². The van der Waals surface area contributed by atoms with Gasteiger partial charge in [-0.05, 0) is 18.2 Å². The molecule has 24 heavy (non-hydrogen) atoms. The summed E-state index contributed by atoms with van der Waals surface area (Å²) < 4.78 is 76.8. The van der Waals surface area contributed by atoms with Gasteiger partial charge in [0.15, 0.2) is 5.69 Å². The molecule has 2 aromatic rings. The predicted octanol–water partition coefficient (Wildman–Crippen LogP) is 4.69. The highest BCUT2D eigenvalue weighted by atomic mass is 32.1. The van der Waals surface area contributed by atoms with Gasteiger partial charge in [0.2, 0.25) is 0 Å². The quantitative estimate of drug-likeness (QED) is 0.741. The van der Waals surface area contributed by atoms with E-state index in [1.54, 1.807) is 6.07 Å². The summed E-state index contributed by atoms with van der Waals surface area (Å²) in [7, 11) is 1.29. The summed E-state index contributed by atoms with van der Waals surface area (Å²) in [6.45, 7) is -0.251. The Morgan fingerprint density at radius 3 is 2.33 bits per heavy atom. The van der Waals surface area contributed by atoms with Crippen LogP contribution in [0.4, 0.5) is 32.0 Å². The summed E-state index contributed by atoms with van der Waals surface area (Å²) in [6, 6.07) is 4.58. The van der Waals surface area contributed by atoms with E-state index in [9.17, 15) is 26.3 Å². The fourth-order valence-corrected chi connectivity index (χ4v) is 2.81. The second-order valence-corrected chi connectivity index (χ2v) is 5.76. The minimum absolute atomic E-state index is 0.0139. The number of hydrogen-bond acceptors (Lipinski definition) is 4. The van der Waals surface area contributed by atoms with E-state index in [4.69, 9.17) is 5.26 Å². The van der Waals surface area contributed by atoms with Crippen LogP contribution < -0.4 is 4.90 Å². The van der Waals surface area contributed by atoms with Crippen LogP contribution in [-0.4, -0.2) is 12.0 Å². The standard InChI is InChI=1S/C14H9F6N3S/c1-23(6-12-22-11(7-24-12)14(18,19)20)10-4-8(5-21)2-3-9(10)13(15,16)17/h2-4,7H,6H2,1H3. The van der Waals surface area contributed by atoms with E-state index in [1.165, 1.54) is 7.05 Å². The number of aromatic nitrogens is 1. The first-order chi connectivity index (χ1) is 11.0. The van der Waals surface area contributed by atoms with E-state index in [-0.39, 0.29) is 22.8 Å². The Morgan fingerprint density at radius 2 is 1.83 bits per heavy atom. The normalized spacial score (nSPS) is 12.1. The summed E-state index contributed by atoms with van der Waals surface area (Å²) in [5, 5.41) is 9.65. The van der Waals surface area contributed by atoms with Crippen LogP contribution >= 0.6 is 11.3 Å². The molecule has 10 heteroatoms. The number of halogens is 6. The fourth-order valence-electron chi connectivity index (χ4n) is 1.96. The lowest BCUT2D eigenvalue weighted by Gasteiger charge is -2.22. The lowest BCUT2D eigenvalue weighted by atomic mass is 10.1. The van der Waals surface area contributed by atoms with Crippen molar-refractivity contribution in [2.75, 3.05) is 11.9 Å². The van der Waals surface area contributed by atoms with Crippen molar-refractivity contribution in [2.24, 2.45) is 0 Å². The van der Waals surface area contributed by atoms with E-state index in [0.29, 0.717) is 11.3 Å². The van der Waals surface area contributed by atoms with Crippen molar-refractivity contribution in [3.05, 3.63) is 45.4 Å². The number of hydrogen-bond donors (Lipinski definition) is 0. The minimum Gasteiger partial charge on any atom is -0.367 e. The molecule has 128 valence electrons. The van der Waals surface area contributed by atoms with Gasteiger partial charge in [-0.1, -0.05) is 0 Å². The molecule has 0 atom stereocenters. The maximum absolute atomic E-state index is 13.1. The van der Waals surface area contributed by atoms with Gasteiger partial charge in [-0.3, -0.25) is 0 Å². The second kappa shape index (κ2) is 6.32. The van der Waals surface area contributed by atoms with Crippen molar-refractivity contribution >= 4 is 17.0 Å². The molecule has 0 radical (unpaired) electrons. The molecule has 0 unspecified atom stereocenters. The van der Waals surface area contributed by atoms with Crippen LogP contribution in [0.2, 0.25) is 0 Å². The number of nitriles is 1. The Morgan fingerprint density at radius 1 is 1.17 bits per heavy atom. The van der Waals surface area contributed by atoms with Crippen LogP contribution in [0, 0.1) is 11.3 Å². The molecule has 0 amide bonds. The lowest BCUT2D eigenvalue weighted by Crippen LogP contribution is -2.21. The second-order valence-electron chi connectivity index (χ2n) is 4.82. The first kappa shape index (κ1) is 18.1. The highest BCUT2D eigenvalue weighted by molar-refractivity contribution is 7.09. The zero-order valence-electron chi connectivity index (χ0n) is 12.0. The van der Waals surface area contributed by atoms with Crippen molar-refractivity contribution in [1.29, 1.82) is 5.26 Å². The monoisotopic (exact) mass is 365 g/mol. The summed E-state index contributed by atoms with van der Waals surface area (Å²) >= 11 is 0.704. The van der Waals surface area contributed by atoms with Gasteiger partial charge >= 0.3 is 12.4 Å². The molecule has 0 saturated carbocycles. The molecular weight excluding hydrogens is 356 g/mol. The number of rotatable bonds is 3. The molecule has 1 heterocycles. The average molecular weight is 365 g/mol. The zero-order valence-corrected chi connectivity index (χ0v) is 12.9. The maximum Gasteiger partial charge on any atom is 0.434 e. The van der Waals surface area contributed by atoms with Crippen LogP contribution in [0.15, 0.2) is 23.6 Å². The molecule has 0 saturated heterocycles. The van der Waals surface area contributed by atoms with E-state index in [2.05, 4.69) is 4.98 Å². The number of anilines is 1. The van der Waals surface area contributed by atoms with E-state index >= 15 is 0 Å². The molecule has 3 nitrogen and oxygen atoms in total. The van der Waals surface area contributed by atoms with Crippen LogP contribution in [0.5, 0.6) is 0 Å². The molecule has 0 fully saturated rings. The van der Waals surface area contributed by atoms with Gasteiger partial charge in [-0.15, -0.1) is 11.3 Å². The molecule has 2 rings (SSSR count). The Hall–Kier alpha value is -2.28. The first-order valence-corrected chi connectivity index (χ1v) is 7.24. The molecule has 0 aliphatic heterocycles. The molecule has 1 aromatic carbocycles. The third-order valence-corrected chi connectivity index (χ3v) is 3.89. The Balaban J connectivity index is 2.34. The average Bonchev–Trinajstić information content (AvgIpc) is 2.94. The predicted molar refractivity (Wildman–Crippen MR) is 75.4 cm³/mol. The van der Waals surface area contributed by atoms with Gasteiger partial charge in [0.05, 0.1) is 29.4 Å². The number of benzene rings is 1. The van der Waals surface area contributed by atoms with Gasteiger partial charge in [-0.2, -0.15) is 31.6 Å². The van der Waals surface area contributed by atoms with Crippen molar-refractivity contribution in [3.63, 3.8) is 0 Å². The van der Waals surface area contributed by atoms with Gasteiger partial charge in [0.1, 0.15) is 5.01 Å². The largest absolute Gasteiger partial charge is 0.434 e. The van der Waals surface area contributed by atoms with Crippen molar-refractivity contribution < 1.29 is 26.3 Å². The number of nitrogens with zero attached hydrogens (tertiary/aromatic N) is 3. The summed E-state index contributed by atoms with van der Waals surface area (Å²) in [6.07, 6.45) is -9.26. The van der Waals surface area contributed by atoms with Crippen LogP contribution in [0.25, 0.3) is 0 Å². The molecular formula is C14H9F6N3S. The van der Waals surface area contributed by atoms with Crippen LogP contribution in [-0.2, 0) is 18.9 Å². The molecule has 0 spiro atoms. The lowest BCUT2D eigenvalue weighted by molar-refractivity contribution is -0.140. The van der Waals surface area contributed by atoms with Crippen LogP contribution in [0.3, 0.4) is 0 Å². The van der Waals surface area contributed by atoms with Gasteiger partial charge in [0, 0.05) is 12.4 Å². The maximum atomic E-state index is 13.1. The number of thiazole rings is 1. The first-order valence-electron chi connectivity index (χ1n) is 6.36. The highest BCUT2D eigenvalue weighted by Crippen LogP contribution is 2.37. The third-order valence-electron chi connectivity index (χ3n) is 3.06. The molecule has 0 aliphatic carbocycles. The smallest absolute Gasteiger partial charge is 0.367 e. The third kappa shape index (κ3) is 3.97. The van der Waals surface area contributed by atoms with Gasteiger partial charge in [-0.25, -0.2) is 4.98 Å². The number of alkyl halides is 6. The SMILES string of the molecule is CN(Cc1nc(C(F)(F)F)cs1)c1cc(C#N)ccc1C(F)(F)F. The molecule has 0 N–H and O–H groups in total. The van der Waals surface area contributed by atoms with Crippen LogP contribution in [0.1, 0.15) is 21.8 Å². The topological polar surface area (TPSA) is 39.9 Å². The zero-order chi connectivity index (χ0) is 18.1. The summed E-state index contributed by atoms with van der Waals surface area (Å²) in [5.41, 5.74) is -2.35. The van der Waals surface area contributed by atoms with Crippen molar-refractivity contribution in [1.82, 2.24) is 4.98 Å². The van der Waals surface area contributed by atoms with E-state index in [0.717, 1.165) is 28.5 Å². The summed E-state index contributed by atoms with van der Waals surface area (Å²) in [4.78, 5) is 4.50. The molecule has 1 aromatic heterocycles.